The Morgan fingerprint density at radius 3 is 2.47 bits per heavy atom. The van der Waals surface area contributed by atoms with Crippen molar-refractivity contribution in [2.75, 3.05) is 5.32 Å². The van der Waals surface area contributed by atoms with Crippen molar-refractivity contribution in [3.05, 3.63) is 46.0 Å². The third-order valence-electron chi connectivity index (χ3n) is 3.21. The highest BCUT2D eigenvalue weighted by molar-refractivity contribution is 9.10. The average molecular weight is 322 g/mol. The Labute approximate surface area is 123 Å². The number of benzene rings is 1. The highest BCUT2D eigenvalue weighted by Crippen LogP contribution is 2.25. The fourth-order valence-corrected chi connectivity index (χ4v) is 2.40. The molecule has 1 N–H and O–H groups in total. The molecule has 1 heterocycles. The lowest BCUT2D eigenvalue weighted by atomic mass is 10.1. The molecule has 0 fully saturated rings. The normalized spacial score (nSPS) is 11.1. The van der Waals surface area contributed by atoms with E-state index in [4.69, 9.17) is 0 Å². The van der Waals surface area contributed by atoms with Crippen molar-refractivity contribution in [2.45, 2.75) is 40.3 Å². The first kappa shape index (κ1) is 14.1. The second kappa shape index (κ2) is 5.78. The van der Waals surface area contributed by atoms with Crippen molar-refractivity contribution >= 4 is 21.6 Å². The molecule has 0 atom stereocenters. The molecule has 102 valence electrons. The molecule has 0 saturated carbocycles. The van der Waals surface area contributed by atoms with E-state index < -0.39 is 0 Å². The minimum atomic E-state index is 0.438. The third-order valence-corrected chi connectivity index (χ3v) is 4.46. The van der Waals surface area contributed by atoms with Gasteiger partial charge in [0.15, 0.2) is 0 Å². The summed E-state index contributed by atoms with van der Waals surface area (Å²) in [5.41, 5.74) is 4.85. The number of hydrogen-bond acceptors (Lipinski definition) is 2. The number of nitrogens with one attached hydrogen (secondary N) is 1. The molecule has 0 saturated heterocycles. The summed E-state index contributed by atoms with van der Waals surface area (Å²) in [6.07, 6.45) is 3.81. The van der Waals surface area contributed by atoms with Gasteiger partial charge in [-0.15, -0.1) is 0 Å². The molecule has 0 aliphatic carbocycles. The summed E-state index contributed by atoms with van der Waals surface area (Å²) in [5, 5.41) is 3.47. The number of hydrogen-bond donors (Lipinski definition) is 1. The molecule has 1 aromatic heterocycles. The van der Waals surface area contributed by atoms with Crippen LogP contribution in [0.1, 0.15) is 36.7 Å². The molecule has 4 heteroatoms. The fourth-order valence-electron chi connectivity index (χ4n) is 2.17. The van der Waals surface area contributed by atoms with Crippen LogP contribution in [0, 0.1) is 13.8 Å². The van der Waals surface area contributed by atoms with Crippen LogP contribution in [0.15, 0.2) is 29.1 Å². The van der Waals surface area contributed by atoms with E-state index >= 15 is 0 Å². The maximum absolute atomic E-state index is 4.22. The number of nitrogens with zero attached hydrogens (tertiary/aromatic N) is 2. The topological polar surface area (TPSA) is 29.9 Å². The van der Waals surface area contributed by atoms with Crippen molar-refractivity contribution in [2.24, 2.45) is 0 Å². The average Bonchev–Trinajstić information content (AvgIpc) is 2.81. The quantitative estimate of drug-likeness (QED) is 0.901. The molecule has 19 heavy (non-hydrogen) atoms. The van der Waals surface area contributed by atoms with Gasteiger partial charge in [0.2, 0.25) is 0 Å². The summed E-state index contributed by atoms with van der Waals surface area (Å²) in [7, 11) is 0. The van der Waals surface area contributed by atoms with E-state index in [2.05, 4.69) is 70.6 Å². The summed E-state index contributed by atoms with van der Waals surface area (Å²) in [5.74, 6) is 0. The summed E-state index contributed by atoms with van der Waals surface area (Å²) < 4.78 is 3.37. The molecule has 0 aliphatic rings. The molecule has 0 amide bonds. The number of aryl methyl sites for hydroxylation is 2. The third kappa shape index (κ3) is 3.18. The van der Waals surface area contributed by atoms with E-state index in [1.807, 2.05) is 12.5 Å². The van der Waals surface area contributed by atoms with E-state index in [1.54, 1.807) is 0 Å². The number of imidazole rings is 1. The van der Waals surface area contributed by atoms with Crippen molar-refractivity contribution in [1.29, 1.82) is 0 Å². The molecule has 0 spiro atoms. The molecular formula is C15H20BrN3. The smallest absolute Gasteiger partial charge is 0.0951 e. The van der Waals surface area contributed by atoms with Gasteiger partial charge in [0.1, 0.15) is 0 Å². The zero-order valence-corrected chi connectivity index (χ0v) is 13.5. The maximum Gasteiger partial charge on any atom is 0.0951 e. The molecule has 3 nitrogen and oxygen atoms in total. The Bertz CT molecular complexity index is 550. The molecule has 1 aromatic carbocycles. The lowest BCUT2D eigenvalue weighted by Crippen LogP contribution is -2.09. The van der Waals surface area contributed by atoms with Gasteiger partial charge in [-0.05, 0) is 51.0 Å². The van der Waals surface area contributed by atoms with Crippen molar-refractivity contribution in [1.82, 2.24) is 9.55 Å². The minimum Gasteiger partial charge on any atom is -0.379 e. The molecule has 0 radical (unpaired) electrons. The first-order valence-electron chi connectivity index (χ1n) is 6.50. The summed E-state index contributed by atoms with van der Waals surface area (Å²) in [6.45, 7) is 9.35. The zero-order chi connectivity index (χ0) is 14.0. The Morgan fingerprint density at radius 2 is 1.89 bits per heavy atom. The Balaban J connectivity index is 2.13. The molecular weight excluding hydrogens is 302 g/mol. The molecule has 0 aliphatic heterocycles. The van der Waals surface area contributed by atoms with Gasteiger partial charge in [-0.1, -0.05) is 15.9 Å². The van der Waals surface area contributed by atoms with Crippen LogP contribution in [0.25, 0.3) is 0 Å². The van der Waals surface area contributed by atoms with E-state index in [0.717, 1.165) is 12.2 Å². The predicted octanol–water partition coefficient (Wildman–Crippen LogP) is 4.46. The second-order valence-corrected chi connectivity index (χ2v) is 5.96. The van der Waals surface area contributed by atoms with Crippen LogP contribution in [-0.2, 0) is 6.54 Å². The van der Waals surface area contributed by atoms with E-state index in [9.17, 15) is 0 Å². The minimum absolute atomic E-state index is 0.438. The lowest BCUT2D eigenvalue weighted by Gasteiger charge is -2.14. The summed E-state index contributed by atoms with van der Waals surface area (Å²) >= 11 is 3.59. The monoisotopic (exact) mass is 321 g/mol. The molecule has 2 rings (SSSR count). The number of rotatable bonds is 4. The number of aromatic nitrogens is 2. The van der Waals surface area contributed by atoms with Crippen molar-refractivity contribution < 1.29 is 0 Å². The van der Waals surface area contributed by atoms with Crippen LogP contribution in [-0.4, -0.2) is 9.55 Å². The van der Waals surface area contributed by atoms with E-state index in [1.165, 1.54) is 21.3 Å². The van der Waals surface area contributed by atoms with Gasteiger partial charge in [-0.25, -0.2) is 4.98 Å². The zero-order valence-electron chi connectivity index (χ0n) is 11.9. The Morgan fingerprint density at radius 1 is 1.26 bits per heavy atom. The van der Waals surface area contributed by atoms with Crippen LogP contribution >= 0.6 is 15.9 Å². The standard InChI is InChI=1S/C15H20BrN3/c1-10(2)19-9-17-7-14(19)8-18-13-5-11(3)15(16)12(4)6-13/h5-7,9-10,18H,8H2,1-4H3. The van der Waals surface area contributed by atoms with Gasteiger partial charge in [-0.3, -0.25) is 0 Å². The van der Waals surface area contributed by atoms with Crippen LogP contribution in [0.2, 0.25) is 0 Å². The van der Waals surface area contributed by atoms with Crippen LogP contribution in [0.5, 0.6) is 0 Å². The first-order chi connectivity index (χ1) is 8.99. The van der Waals surface area contributed by atoms with Gasteiger partial charge in [0.05, 0.1) is 18.6 Å². The summed E-state index contributed by atoms with van der Waals surface area (Å²) in [6, 6.07) is 4.76. The predicted molar refractivity (Wildman–Crippen MR) is 83.6 cm³/mol. The number of anilines is 1. The van der Waals surface area contributed by atoms with Crippen LogP contribution in [0.3, 0.4) is 0 Å². The van der Waals surface area contributed by atoms with Gasteiger partial charge in [0.25, 0.3) is 0 Å². The largest absolute Gasteiger partial charge is 0.379 e. The van der Waals surface area contributed by atoms with Crippen molar-refractivity contribution in [3.63, 3.8) is 0 Å². The van der Waals surface area contributed by atoms with Crippen molar-refractivity contribution in [3.8, 4) is 0 Å². The molecule has 0 unspecified atom stereocenters. The fraction of sp³-hybridized carbons (Fsp3) is 0.400. The van der Waals surface area contributed by atoms with Gasteiger partial charge in [0, 0.05) is 22.4 Å². The van der Waals surface area contributed by atoms with E-state index in [-0.39, 0.29) is 0 Å². The van der Waals surface area contributed by atoms with Gasteiger partial charge >= 0.3 is 0 Å². The number of halogens is 1. The van der Waals surface area contributed by atoms with Gasteiger partial charge in [-0.2, -0.15) is 0 Å². The SMILES string of the molecule is Cc1cc(NCc2cncn2C(C)C)cc(C)c1Br. The first-order valence-corrected chi connectivity index (χ1v) is 7.29. The second-order valence-electron chi connectivity index (χ2n) is 5.16. The Hall–Kier alpha value is -1.29. The molecule has 2 aromatic rings. The summed E-state index contributed by atoms with van der Waals surface area (Å²) in [4.78, 5) is 4.22. The maximum atomic E-state index is 4.22. The van der Waals surface area contributed by atoms with Crippen LogP contribution in [0.4, 0.5) is 5.69 Å². The van der Waals surface area contributed by atoms with Gasteiger partial charge < -0.3 is 9.88 Å². The van der Waals surface area contributed by atoms with Crippen LogP contribution < -0.4 is 5.32 Å². The Kier molecular flexibility index (Phi) is 4.30. The lowest BCUT2D eigenvalue weighted by molar-refractivity contribution is 0.577. The molecule has 0 bridgehead atoms. The highest BCUT2D eigenvalue weighted by atomic mass is 79.9. The highest BCUT2D eigenvalue weighted by Gasteiger charge is 2.06. The van der Waals surface area contributed by atoms with E-state index in [0.29, 0.717) is 6.04 Å².